The Bertz CT molecular complexity index is 555. The fourth-order valence-electron chi connectivity index (χ4n) is 1.16. The number of nitrogens with one attached hydrogen (secondary N) is 1. The van der Waals surface area contributed by atoms with Crippen LogP contribution in [0.3, 0.4) is 0 Å². The molecule has 1 aromatic carbocycles. The highest BCUT2D eigenvalue weighted by Gasteiger charge is 2.12. The second kappa shape index (κ2) is 4.66. The SMILES string of the molecule is O=C(Nc1nncs1)c1cccc([N+](=O)[O-])c1. The van der Waals surface area contributed by atoms with E-state index in [1.165, 1.54) is 41.1 Å². The summed E-state index contributed by atoms with van der Waals surface area (Å²) >= 11 is 1.17. The molecule has 2 rings (SSSR count). The van der Waals surface area contributed by atoms with E-state index in [0.717, 1.165) is 0 Å². The fourth-order valence-corrected chi connectivity index (χ4v) is 1.60. The van der Waals surface area contributed by atoms with E-state index in [4.69, 9.17) is 0 Å². The minimum Gasteiger partial charge on any atom is -0.296 e. The number of aromatic nitrogens is 2. The van der Waals surface area contributed by atoms with Gasteiger partial charge in [0.2, 0.25) is 5.13 Å². The van der Waals surface area contributed by atoms with Crippen LogP contribution in [0, 0.1) is 10.1 Å². The van der Waals surface area contributed by atoms with Gasteiger partial charge in [0, 0.05) is 17.7 Å². The van der Waals surface area contributed by atoms with E-state index in [1.807, 2.05) is 0 Å². The molecular formula is C9H6N4O3S. The summed E-state index contributed by atoms with van der Waals surface area (Å²) in [5, 5.41) is 20.6. The number of carbonyl (C=O) groups excluding carboxylic acids is 1. The topological polar surface area (TPSA) is 98.0 Å². The van der Waals surface area contributed by atoms with Crippen molar-refractivity contribution in [2.45, 2.75) is 0 Å². The molecule has 0 spiro atoms. The summed E-state index contributed by atoms with van der Waals surface area (Å²) in [7, 11) is 0. The maximum Gasteiger partial charge on any atom is 0.270 e. The van der Waals surface area contributed by atoms with Crippen molar-refractivity contribution in [1.29, 1.82) is 0 Å². The Morgan fingerprint density at radius 3 is 2.94 bits per heavy atom. The van der Waals surface area contributed by atoms with E-state index in [0.29, 0.717) is 5.13 Å². The maximum absolute atomic E-state index is 11.7. The van der Waals surface area contributed by atoms with E-state index in [9.17, 15) is 14.9 Å². The van der Waals surface area contributed by atoms with Gasteiger partial charge >= 0.3 is 0 Å². The van der Waals surface area contributed by atoms with E-state index in [-0.39, 0.29) is 11.3 Å². The highest BCUT2D eigenvalue weighted by Crippen LogP contribution is 2.15. The predicted octanol–water partition coefficient (Wildman–Crippen LogP) is 1.70. The largest absolute Gasteiger partial charge is 0.296 e. The van der Waals surface area contributed by atoms with Crippen molar-refractivity contribution < 1.29 is 9.72 Å². The zero-order chi connectivity index (χ0) is 12.3. The number of nitro benzene ring substituents is 1. The van der Waals surface area contributed by atoms with Crippen LogP contribution in [0.5, 0.6) is 0 Å². The lowest BCUT2D eigenvalue weighted by Crippen LogP contribution is -2.11. The highest BCUT2D eigenvalue weighted by molar-refractivity contribution is 7.13. The Kier molecular flexibility index (Phi) is 3.06. The molecule has 0 aliphatic carbocycles. The number of nitro groups is 1. The second-order valence-corrected chi connectivity index (χ2v) is 3.84. The minimum absolute atomic E-state index is 0.130. The number of amides is 1. The number of non-ortho nitro benzene ring substituents is 1. The molecule has 1 aromatic heterocycles. The number of carbonyl (C=O) groups is 1. The highest BCUT2D eigenvalue weighted by atomic mass is 32.1. The van der Waals surface area contributed by atoms with Crippen molar-refractivity contribution in [3.8, 4) is 0 Å². The zero-order valence-corrected chi connectivity index (χ0v) is 9.18. The van der Waals surface area contributed by atoms with Crippen molar-refractivity contribution >= 4 is 28.1 Å². The van der Waals surface area contributed by atoms with Gasteiger partial charge in [0.1, 0.15) is 5.51 Å². The van der Waals surface area contributed by atoms with Crippen molar-refractivity contribution in [2.24, 2.45) is 0 Å². The van der Waals surface area contributed by atoms with E-state index in [1.54, 1.807) is 0 Å². The number of benzene rings is 1. The summed E-state index contributed by atoms with van der Waals surface area (Å²) < 4.78 is 0. The Morgan fingerprint density at radius 1 is 1.47 bits per heavy atom. The Balaban J connectivity index is 2.19. The summed E-state index contributed by atoms with van der Waals surface area (Å²) in [6, 6.07) is 5.47. The Labute approximate surface area is 99.3 Å². The molecule has 0 radical (unpaired) electrons. The molecule has 0 aliphatic heterocycles. The monoisotopic (exact) mass is 250 g/mol. The number of anilines is 1. The fraction of sp³-hybridized carbons (Fsp3) is 0. The van der Waals surface area contributed by atoms with Crippen molar-refractivity contribution in [2.75, 3.05) is 5.32 Å². The van der Waals surface area contributed by atoms with Crippen molar-refractivity contribution in [1.82, 2.24) is 10.2 Å². The molecule has 8 heteroatoms. The smallest absolute Gasteiger partial charge is 0.270 e. The lowest BCUT2D eigenvalue weighted by Gasteiger charge is -2.00. The molecule has 0 atom stereocenters. The summed E-state index contributed by atoms with van der Waals surface area (Å²) in [6.45, 7) is 0. The molecule has 0 fully saturated rings. The van der Waals surface area contributed by atoms with Crippen LogP contribution in [0.25, 0.3) is 0 Å². The Hall–Kier alpha value is -2.35. The van der Waals surface area contributed by atoms with Crippen LogP contribution in [0.4, 0.5) is 10.8 Å². The van der Waals surface area contributed by atoms with Crippen LogP contribution in [-0.2, 0) is 0 Å². The van der Waals surface area contributed by atoms with E-state index in [2.05, 4.69) is 15.5 Å². The normalized spacial score (nSPS) is 9.88. The molecule has 7 nitrogen and oxygen atoms in total. The van der Waals surface area contributed by atoms with Crippen LogP contribution < -0.4 is 5.32 Å². The number of nitrogens with zero attached hydrogens (tertiary/aromatic N) is 3. The van der Waals surface area contributed by atoms with Gasteiger partial charge in [-0.05, 0) is 6.07 Å². The first kappa shape index (κ1) is 11.1. The van der Waals surface area contributed by atoms with Crippen LogP contribution in [0.1, 0.15) is 10.4 Å². The van der Waals surface area contributed by atoms with E-state index < -0.39 is 10.8 Å². The molecular weight excluding hydrogens is 244 g/mol. The van der Waals surface area contributed by atoms with Crippen molar-refractivity contribution in [3.05, 3.63) is 45.5 Å². The predicted molar refractivity (Wildman–Crippen MR) is 61.0 cm³/mol. The average Bonchev–Trinajstić information content (AvgIpc) is 2.82. The lowest BCUT2D eigenvalue weighted by atomic mass is 10.2. The molecule has 17 heavy (non-hydrogen) atoms. The molecule has 1 amide bonds. The van der Waals surface area contributed by atoms with Gasteiger partial charge < -0.3 is 0 Å². The third kappa shape index (κ3) is 2.61. The number of hydrogen-bond acceptors (Lipinski definition) is 6. The van der Waals surface area contributed by atoms with Crippen LogP contribution in [0.15, 0.2) is 29.8 Å². The first-order chi connectivity index (χ1) is 8.16. The van der Waals surface area contributed by atoms with E-state index >= 15 is 0 Å². The van der Waals surface area contributed by atoms with Gasteiger partial charge in [-0.2, -0.15) is 0 Å². The van der Waals surface area contributed by atoms with Gasteiger partial charge in [0.25, 0.3) is 11.6 Å². The summed E-state index contributed by atoms with van der Waals surface area (Å²) in [4.78, 5) is 21.7. The third-order valence-electron chi connectivity index (χ3n) is 1.90. The van der Waals surface area contributed by atoms with Gasteiger partial charge in [-0.1, -0.05) is 17.4 Å². The molecule has 0 aliphatic rings. The van der Waals surface area contributed by atoms with Gasteiger partial charge in [0.15, 0.2) is 0 Å². The summed E-state index contributed by atoms with van der Waals surface area (Å²) in [5.74, 6) is -0.453. The van der Waals surface area contributed by atoms with Gasteiger partial charge in [0.05, 0.1) is 4.92 Å². The summed E-state index contributed by atoms with van der Waals surface area (Å²) in [5.41, 5.74) is 1.55. The van der Waals surface area contributed by atoms with Crippen molar-refractivity contribution in [3.63, 3.8) is 0 Å². The summed E-state index contributed by atoms with van der Waals surface area (Å²) in [6.07, 6.45) is 0. The molecule has 0 bridgehead atoms. The van der Waals surface area contributed by atoms with Crippen LogP contribution in [0.2, 0.25) is 0 Å². The minimum atomic E-state index is -0.554. The van der Waals surface area contributed by atoms with Gasteiger partial charge in [-0.15, -0.1) is 10.2 Å². The molecule has 1 N–H and O–H groups in total. The standard InChI is InChI=1S/C9H6N4O3S/c14-8(11-9-12-10-5-17-9)6-2-1-3-7(4-6)13(15)16/h1-5H,(H,11,12,14). The number of rotatable bonds is 3. The third-order valence-corrected chi connectivity index (χ3v) is 2.51. The number of hydrogen-bond donors (Lipinski definition) is 1. The average molecular weight is 250 g/mol. The van der Waals surface area contributed by atoms with Gasteiger partial charge in [-0.3, -0.25) is 20.2 Å². The quantitative estimate of drug-likeness (QED) is 0.660. The maximum atomic E-state index is 11.7. The molecule has 0 saturated heterocycles. The molecule has 1 heterocycles. The lowest BCUT2D eigenvalue weighted by molar-refractivity contribution is -0.384. The zero-order valence-electron chi connectivity index (χ0n) is 8.36. The van der Waals surface area contributed by atoms with Gasteiger partial charge in [-0.25, -0.2) is 0 Å². The van der Waals surface area contributed by atoms with Crippen LogP contribution in [-0.4, -0.2) is 21.0 Å². The molecule has 0 saturated carbocycles. The molecule has 0 unspecified atom stereocenters. The molecule has 2 aromatic rings. The first-order valence-electron chi connectivity index (χ1n) is 4.49. The van der Waals surface area contributed by atoms with Crippen LogP contribution >= 0.6 is 11.3 Å². The Morgan fingerprint density at radius 2 is 2.29 bits per heavy atom. The molecule has 86 valence electrons. The second-order valence-electron chi connectivity index (χ2n) is 3.01. The first-order valence-corrected chi connectivity index (χ1v) is 5.37.